The van der Waals surface area contributed by atoms with E-state index < -0.39 is 0 Å². The number of nitrogens with zero attached hydrogens (tertiary/aromatic N) is 1. The van der Waals surface area contributed by atoms with Crippen LogP contribution in [0.4, 0.5) is 0 Å². The smallest absolute Gasteiger partial charge is 0.347 e. The second kappa shape index (κ2) is 6.11. The molecule has 0 aliphatic heterocycles. The summed E-state index contributed by atoms with van der Waals surface area (Å²) in [6, 6.07) is 15.2. The van der Waals surface area contributed by atoms with Crippen molar-refractivity contribution in [2.24, 2.45) is 5.73 Å². The van der Waals surface area contributed by atoms with E-state index >= 15 is 0 Å². The Hall–Kier alpha value is -2.11. The molecule has 4 nitrogen and oxygen atoms in total. The molecule has 3 rings (SSSR count). The zero-order valence-corrected chi connectivity index (χ0v) is 12.1. The van der Waals surface area contributed by atoms with Crippen molar-refractivity contribution in [3.63, 3.8) is 0 Å². The Kier molecular flexibility index (Phi) is 4.03. The maximum atomic E-state index is 11.9. The van der Waals surface area contributed by atoms with Crippen LogP contribution < -0.4 is 11.4 Å². The molecule has 0 aliphatic carbocycles. The summed E-state index contributed by atoms with van der Waals surface area (Å²) in [5.74, 6) is 0.694. The van der Waals surface area contributed by atoms with Gasteiger partial charge in [0.15, 0.2) is 0 Å². The van der Waals surface area contributed by atoms with Gasteiger partial charge in [0.05, 0.1) is 10.9 Å². The number of para-hydroxylation sites is 1. The molecule has 3 aromatic rings. The van der Waals surface area contributed by atoms with E-state index in [2.05, 4.69) is 4.98 Å². The first-order chi connectivity index (χ1) is 10.3. The van der Waals surface area contributed by atoms with Gasteiger partial charge < -0.3 is 10.2 Å². The van der Waals surface area contributed by atoms with Crippen molar-refractivity contribution in [3.05, 3.63) is 70.1 Å². The van der Waals surface area contributed by atoms with E-state index in [9.17, 15) is 4.79 Å². The van der Waals surface area contributed by atoms with Gasteiger partial charge in [0.2, 0.25) is 0 Å². The average Bonchev–Trinajstić information content (AvgIpc) is 2.53. The molecule has 2 aromatic carbocycles. The Bertz CT molecular complexity index is 812. The number of hydrogen-bond acceptors (Lipinski definition) is 5. The molecule has 21 heavy (non-hydrogen) atoms. The molecular weight excluding hydrogens is 284 g/mol. The fraction of sp³-hybridized carbons (Fsp3) is 0.125. The fourth-order valence-corrected chi connectivity index (χ4v) is 2.76. The lowest BCUT2D eigenvalue weighted by molar-refractivity contribution is 0.401. The summed E-state index contributed by atoms with van der Waals surface area (Å²) in [5.41, 5.74) is 8.12. The van der Waals surface area contributed by atoms with Gasteiger partial charge in [-0.05, 0) is 23.3 Å². The van der Waals surface area contributed by atoms with E-state index in [1.165, 1.54) is 11.8 Å². The summed E-state index contributed by atoms with van der Waals surface area (Å²) < 4.78 is 5.23. The van der Waals surface area contributed by atoms with Crippen molar-refractivity contribution in [2.45, 2.75) is 17.5 Å². The van der Waals surface area contributed by atoms with Crippen molar-refractivity contribution in [2.75, 3.05) is 0 Å². The highest BCUT2D eigenvalue weighted by Crippen LogP contribution is 2.21. The molecular formula is C16H14N2O2S. The van der Waals surface area contributed by atoms with Gasteiger partial charge in [-0.1, -0.05) is 48.2 Å². The lowest BCUT2D eigenvalue weighted by Gasteiger charge is -2.03. The standard InChI is InChI=1S/C16H14N2O2S/c17-9-11-5-7-12(8-6-11)10-21-16-18-14-4-2-1-3-13(14)15(19)20-16/h1-8H,9-10,17H2. The second-order valence-electron chi connectivity index (χ2n) is 4.59. The minimum Gasteiger partial charge on any atom is -0.397 e. The Morgan fingerprint density at radius 3 is 2.52 bits per heavy atom. The minimum atomic E-state index is -0.346. The van der Waals surface area contributed by atoms with Gasteiger partial charge >= 0.3 is 5.63 Å². The van der Waals surface area contributed by atoms with Gasteiger partial charge in [-0.2, -0.15) is 0 Å². The third kappa shape index (κ3) is 3.15. The van der Waals surface area contributed by atoms with Crippen LogP contribution >= 0.6 is 11.8 Å². The van der Waals surface area contributed by atoms with Crippen LogP contribution in [0.5, 0.6) is 0 Å². The lowest BCUT2D eigenvalue weighted by Crippen LogP contribution is -2.02. The second-order valence-corrected chi connectivity index (χ2v) is 5.52. The van der Waals surface area contributed by atoms with Crippen molar-refractivity contribution < 1.29 is 4.42 Å². The van der Waals surface area contributed by atoms with Gasteiger partial charge in [-0.25, -0.2) is 9.78 Å². The summed E-state index contributed by atoms with van der Waals surface area (Å²) in [6.45, 7) is 0.536. The Morgan fingerprint density at radius 1 is 1.05 bits per heavy atom. The Labute approximate surface area is 126 Å². The first-order valence-electron chi connectivity index (χ1n) is 6.57. The molecule has 0 fully saturated rings. The molecule has 0 bridgehead atoms. The largest absolute Gasteiger partial charge is 0.397 e. The van der Waals surface area contributed by atoms with Crippen molar-refractivity contribution >= 4 is 22.7 Å². The number of hydrogen-bond donors (Lipinski definition) is 1. The summed E-state index contributed by atoms with van der Waals surface area (Å²) >= 11 is 1.41. The van der Waals surface area contributed by atoms with Crippen LogP contribution in [0.2, 0.25) is 0 Å². The number of benzene rings is 2. The van der Waals surface area contributed by atoms with Crippen molar-refractivity contribution in [1.29, 1.82) is 0 Å². The van der Waals surface area contributed by atoms with E-state index in [1.807, 2.05) is 36.4 Å². The van der Waals surface area contributed by atoms with Crippen molar-refractivity contribution in [3.8, 4) is 0 Å². The van der Waals surface area contributed by atoms with Crippen LogP contribution in [0.15, 0.2) is 63.0 Å². The summed E-state index contributed by atoms with van der Waals surface area (Å²) in [7, 11) is 0. The number of fused-ring (bicyclic) bond motifs is 1. The van der Waals surface area contributed by atoms with Crippen LogP contribution in [0, 0.1) is 0 Å². The maximum Gasteiger partial charge on any atom is 0.347 e. The summed E-state index contributed by atoms with van der Waals surface area (Å²) in [4.78, 5) is 16.2. The fourth-order valence-electron chi connectivity index (χ4n) is 1.98. The molecule has 1 aromatic heterocycles. The van der Waals surface area contributed by atoms with E-state index in [1.54, 1.807) is 12.1 Å². The van der Waals surface area contributed by atoms with E-state index in [-0.39, 0.29) is 5.63 Å². The first-order valence-corrected chi connectivity index (χ1v) is 7.55. The zero-order valence-electron chi connectivity index (χ0n) is 11.3. The molecule has 2 N–H and O–H groups in total. The minimum absolute atomic E-state index is 0.346. The number of thioether (sulfide) groups is 1. The topological polar surface area (TPSA) is 69.1 Å². The summed E-state index contributed by atoms with van der Waals surface area (Å²) in [6.07, 6.45) is 0. The van der Waals surface area contributed by atoms with Crippen LogP contribution in [0.25, 0.3) is 10.9 Å². The highest BCUT2D eigenvalue weighted by molar-refractivity contribution is 7.98. The summed E-state index contributed by atoms with van der Waals surface area (Å²) in [5, 5.41) is 0.899. The maximum absolute atomic E-state index is 11.9. The molecule has 0 amide bonds. The van der Waals surface area contributed by atoms with Crippen LogP contribution in [0.3, 0.4) is 0 Å². The molecule has 0 radical (unpaired) electrons. The molecule has 106 valence electrons. The molecule has 0 saturated heterocycles. The zero-order chi connectivity index (χ0) is 14.7. The van der Waals surface area contributed by atoms with Gasteiger partial charge in [-0.15, -0.1) is 0 Å². The normalized spacial score (nSPS) is 10.9. The van der Waals surface area contributed by atoms with Gasteiger partial charge in [-0.3, -0.25) is 0 Å². The third-order valence-electron chi connectivity index (χ3n) is 3.14. The molecule has 0 unspecified atom stereocenters. The van der Waals surface area contributed by atoms with Gasteiger partial charge in [0, 0.05) is 12.3 Å². The van der Waals surface area contributed by atoms with E-state index in [0.717, 1.165) is 11.1 Å². The lowest BCUT2D eigenvalue weighted by atomic mass is 10.1. The Balaban J connectivity index is 1.80. The number of rotatable bonds is 4. The highest BCUT2D eigenvalue weighted by atomic mass is 32.2. The predicted octanol–water partition coefficient (Wildman–Crippen LogP) is 2.94. The van der Waals surface area contributed by atoms with Gasteiger partial charge in [0.25, 0.3) is 5.22 Å². The van der Waals surface area contributed by atoms with E-state index in [4.69, 9.17) is 10.2 Å². The molecule has 1 heterocycles. The SMILES string of the molecule is NCc1ccc(CSc2nc3ccccc3c(=O)o2)cc1. The third-order valence-corrected chi connectivity index (χ3v) is 4.04. The quantitative estimate of drug-likeness (QED) is 0.750. The predicted molar refractivity (Wildman–Crippen MR) is 84.2 cm³/mol. The van der Waals surface area contributed by atoms with Crippen LogP contribution in [0.1, 0.15) is 11.1 Å². The molecule has 0 spiro atoms. The monoisotopic (exact) mass is 298 g/mol. The van der Waals surface area contributed by atoms with Crippen molar-refractivity contribution in [1.82, 2.24) is 4.98 Å². The highest BCUT2D eigenvalue weighted by Gasteiger charge is 2.06. The molecule has 0 atom stereocenters. The first kappa shape index (κ1) is 13.9. The molecule has 0 aliphatic rings. The van der Waals surface area contributed by atoms with Crippen LogP contribution in [-0.4, -0.2) is 4.98 Å². The van der Waals surface area contributed by atoms with Crippen LogP contribution in [-0.2, 0) is 12.3 Å². The van der Waals surface area contributed by atoms with E-state index in [0.29, 0.717) is 28.4 Å². The molecule has 5 heteroatoms. The number of aromatic nitrogens is 1. The van der Waals surface area contributed by atoms with Gasteiger partial charge in [0.1, 0.15) is 0 Å². The number of nitrogens with two attached hydrogens (primary N) is 1. The average molecular weight is 298 g/mol. The molecule has 0 saturated carbocycles. The Morgan fingerprint density at radius 2 is 1.76 bits per heavy atom.